The fraction of sp³-hybridized carbons (Fsp3) is 0.0952. The molecule has 0 heterocycles. The number of carbonyl (C=O) groups excluding carboxylic acids is 1. The van der Waals surface area contributed by atoms with Crippen molar-refractivity contribution < 1.29 is 19.0 Å². The van der Waals surface area contributed by atoms with Gasteiger partial charge < -0.3 is 19.5 Å². The Morgan fingerprint density at radius 2 is 1.42 bits per heavy atom. The zero-order valence-corrected chi connectivity index (χ0v) is 14.3. The molecule has 3 aromatic rings. The van der Waals surface area contributed by atoms with Crippen LogP contribution in [0.15, 0.2) is 78.9 Å². The fourth-order valence-corrected chi connectivity index (χ4v) is 2.31. The minimum Gasteiger partial charge on any atom is -0.493 e. The van der Waals surface area contributed by atoms with E-state index in [9.17, 15) is 4.79 Å². The molecule has 0 atom stereocenters. The number of ether oxygens (including phenoxy) is 3. The summed E-state index contributed by atoms with van der Waals surface area (Å²) in [6.45, 7) is -0.108. The maximum Gasteiger partial charge on any atom is 0.262 e. The molecule has 26 heavy (non-hydrogen) atoms. The van der Waals surface area contributed by atoms with Gasteiger partial charge in [0.25, 0.3) is 5.91 Å². The van der Waals surface area contributed by atoms with Crippen LogP contribution in [-0.2, 0) is 4.79 Å². The van der Waals surface area contributed by atoms with Crippen LogP contribution in [0.3, 0.4) is 0 Å². The fourth-order valence-electron chi connectivity index (χ4n) is 2.31. The van der Waals surface area contributed by atoms with E-state index < -0.39 is 0 Å². The number of hydrogen-bond donors (Lipinski definition) is 1. The van der Waals surface area contributed by atoms with Gasteiger partial charge in [0.15, 0.2) is 18.1 Å². The molecular formula is C21H19NO4. The molecule has 0 radical (unpaired) electrons. The predicted molar refractivity (Wildman–Crippen MR) is 100 cm³/mol. The lowest BCUT2D eigenvalue weighted by Crippen LogP contribution is -2.20. The van der Waals surface area contributed by atoms with Crippen molar-refractivity contribution in [2.75, 3.05) is 19.0 Å². The van der Waals surface area contributed by atoms with E-state index in [4.69, 9.17) is 14.2 Å². The Bertz CT molecular complexity index is 847. The van der Waals surface area contributed by atoms with E-state index >= 15 is 0 Å². The van der Waals surface area contributed by atoms with Crippen molar-refractivity contribution in [3.05, 3.63) is 78.9 Å². The van der Waals surface area contributed by atoms with Crippen LogP contribution in [-0.4, -0.2) is 19.6 Å². The molecule has 0 aliphatic rings. The van der Waals surface area contributed by atoms with Crippen LogP contribution < -0.4 is 19.5 Å². The molecule has 0 unspecified atom stereocenters. The third kappa shape index (κ3) is 4.77. The molecule has 0 aliphatic carbocycles. The van der Waals surface area contributed by atoms with Crippen LogP contribution in [0, 0.1) is 0 Å². The highest BCUT2D eigenvalue weighted by Crippen LogP contribution is 2.26. The van der Waals surface area contributed by atoms with Crippen LogP contribution in [0.1, 0.15) is 0 Å². The molecule has 0 saturated carbocycles. The topological polar surface area (TPSA) is 56.8 Å². The Kier molecular flexibility index (Phi) is 5.72. The second-order valence-electron chi connectivity index (χ2n) is 5.43. The van der Waals surface area contributed by atoms with Crippen molar-refractivity contribution >= 4 is 11.6 Å². The monoisotopic (exact) mass is 349 g/mol. The lowest BCUT2D eigenvalue weighted by Gasteiger charge is -2.11. The summed E-state index contributed by atoms with van der Waals surface area (Å²) in [5, 5.41) is 2.78. The van der Waals surface area contributed by atoms with Gasteiger partial charge in [-0.3, -0.25) is 4.79 Å². The number of carbonyl (C=O) groups is 1. The molecule has 3 rings (SSSR count). The number of para-hydroxylation sites is 3. The minimum absolute atomic E-state index is 0.108. The van der Waals surface area contributed by atoms with Crippen LogP contribution in [0.25, 0.3) is 0 Å². The SMILES string of the molecule is COc1ccccc1OCC(=O)Nc1ccc(Oc2ccccc2)cc1. The van der Waals surface area contributed by atoms with Crippen LogP contribution in [0.4, 0.5) is 5.69 Å². The summed E-state index contributed by atoms with van der Waals surface area (Å²) in [4.78, 5) is 12.1. The van der Waals surface area contributed by atoms with E-state index in [2.05, 4.69) is 5.32 Å². The summed E-state index contributed by atoms with van der Waals surface area (Å²) in [6.07, 6.45) is 0. The molecule has 0 aromatic heterocycles. The summed E-state index contributed by atoms with van der Waals surface area (Å²) in [7, 11) is 1.56. The van der Waals surface area contributed by atoms with Gasteiger partial charge in [-0.1, -0.05) is 30.3 Å². The maximum atomic E-state index is 12.1. The molecule has 0 saturated heterocycles. The first-order valence-electron chi connectivity index (χ1n) is 8.13. The molecule has 1 N–H and O–H groups in total. The van der Waals surface area contributed by atoms with Gasteiger partial charge in [-0.15, -0.1) is 0 Å². The molecule has 5 nitrogen and oxygen atoms in total. The van der Waals surface area contributed by atoms with Gasteiger partial charge in [0.1, 0.15) is 11.5 Å². The van der Waals surface area contributed by atoms with Crippen molar-refractivity contribution in [3.63, 3.8) is 0 Å². The van der Waals surface area contributed by atoms with Crippen molar-refractivity contribution in [1.29, 1.82) is 0 Å². The first-order valence-corrected chi connectivity index (χ1v) is 8.13. The van der Waals surface area contributed by atoms with Gasteiger partial charge in [0.05, 0.1) is 7.11 Å². The largest absolute Gasteiger partial charge is 0.493 e. The summed E-state index contributed by atoms with van der Waals surface area (Å²) in [6, 6.07) is 23.8. The Labute approximate surface area is 152 Å². The summed E-state index contributed by atoms with van der Waals surface area (Å²) < 4.78 is 16.4. The molecule has 132 valence electrons. The van der Waals surface area contributed by atoms with Gasteiger partial charge in [-0.25, -0.2) is 0 Å². The molecule has 0 spiro atoms. The average Bonchev–Trinajstić information content (AvgIpc) is 2.69. The summed E-state index contributed by atoms with van der Waals surface area (Å²) in [5.41, 5.74) is 0.666. The van der Waals surface area contributed by atoms with Gasteiger partial charge in [0, 0.05) is 5.69 Å². The van der Waals surface area contributed by atoms with E-state index in [0.717, 1.165) is 5.75 Å². The van der Waals surface area contributed by atoms with Gasteiger partial charge in [-0.05, 0) is 48.5 Å². The highest BCUT2D eigenvalue weighted by atomic mass is 16.5. The van der Waals surface area contributed by atoms with E-state index in [1.54, 1.807) is 43.5 Å². The standard InChI is InChI=1S/C21H19NO4/c1-24-19-9-5-6-10-20(19)25-15-21(23)22-16-11-13-18(14-12-16)26-17-7-3-2-4-8-17/h2-14H,15H2,1H3,(H,22,23). The Balaban J connectivity index is 1.53. The predicted octanol–water partition coefficient (Wildman–Crippen LogP) is 4.51. The van der Waals surface area contributed by atoms with Gasteiger partial charge in [-0.2, -0.15) is 0 Å². The number of nitrogens with one attached hydrogen (secondary N) is 1. The van der Waals surface area contributed by atoms with Crippen LogP contribution in [0.2, 0.25) is 0 Å². The molecule has 0 aliphatic heterocycles. The Morgan fingerprint density at radius 1 is 0.808 bits per heavy atom. The molecular weight excluding hydrogens is 330 g/mol. The maximum absolute atomic E-state index is 12.1. The number of methoxy groups -OCH3 is 1. The van der Waals surface area contributed by atoms with Crippen molar-refractivity contribution in [2.24, 2.45) is 0 Å². The molecule has 3 aromatic carbocycles. The zero-order valence-electron chi connectivity index (χ0n) is 14.3. The molecule has 5 heteroatoms. The van der Waals surface area contributed by atoms with Gasteiger partial charge in [0.2, 0.25) is 0 Å². The van der Waals surface area contributed by atoms with E-state index in [1.807, 2.05) is 42.5 Å². The highest BCUT2D eigenvalue weighted by molar-refractivity contribution is 5.91. The Hall–Kier alpha value is -3.47. The van der Waals surface area contributed by atoms with E-state index in [-0.39, 0.29) is 12.5 Å². The molecule has 1 amide bonds. The quantitative estimate of drug-likeness (QED) is 0.682. The number of anilines is 1. The molecule has 0 fully saturated rings. The normalized spacial score (nSPS) is 10.0. The van der Waals surface area contributed by atoms with Crippen LogP contribution in [0.5, 0.6) is 23.0 Å². The smallest absolute Gasteiger partial charge is 0.262 e. The van der Waals surface area contributed by atoms with E-state index in [0.29, 0.717) is 22.9 Å². The number of rotatable bonds is 7. The third-order valence-corrected chi connectivity index (χ3v) is 3.54. The van der Waals surface area contributed by atoms with Crippen LogP contribution >= 0.6 is 0 Å². The second kappa shape index (κ2) is 8.58. The zero-order chi connectivity index (χ0) is 18.2. The first-order chi connectivity index (χ1) is 12.7. The summed E-state index contributed by atoms with van der Waals surface area (Å²) in [5.74, 6) is 2.31. The first kappa shape index (κ1) is 17.4. The number of hydrogen-bond acceptors (Lipinski definition) is 4. The summed E-state index contributed by atoms with van der Waals surface area (Å²) >= 11 is 0. The van der Waals surface area contributed by atoms with Crippen molar-refractivity contribution in [3.8, 4) is 23.0 Å². The highest BCUT2D eigenvalue weighted by Gasteiger charge is 2.07. The van der Waals surface area contributed by atoms with Crippen molar-refractivity contribution in [2.45, 2.75) is 0 Å². The number of amides is 1. The average molecular weight is 349 g/mol. The lowest BCUT2D eigenvalue weighted by atomic mass is 10.3. The van der Waals surface area contributed by atoms with Crippen molar-refractivity contribution in [1.82, 2.24) is 0 Å². The molecule has 0 bridgehead atoms. The third-order valence-electron chi connectivity index (χ3n) is 3.54. The lowest BCUT2D eigenvalue weighted by molar-refractivity contribution is -0.118. The number of benzene rings is 3. The second-order valence-corrected chi connectivity index (χ2v) is 5.43. The minimum atomic E-state index is -0.257. The Morgan fingerprint density at radius 3 is 2.12 bits per heavy atom. The van der Waals surface area contributed by atoms with E-state index in [1.165, 1.54) is 0 Å². The van der Waals surface area contributed by atoms with Gasteiger partial charge >= 0.3 is 0 Å².